The van der Waals surface area contributed by atoms with E-state index in [0.29, 0.717) is 25.3 Å². The van der Waals surface area contributed by atoms with Gasteiger partial charge in [-0.15, -0.1) is 0 Å². The summed E-state index contributed by atoms with van der Waals surface area (Å²) in [6, 6.07) is 4.61. The number of hydrogen-bond donors (Lipinski definition) is 1. The van der Waals surface area contributed by atoms with E-state index in [2.05, 4.69) is 0 Å². The monoisotopic (exact) mass is 306 g/mol. The molecule has 1 heterocycles. The number of benzene rings is 1. The van der Waals surface area contributed by atoms with Crippen LogP contribution in [0.4, 0.5) is 10.1 Å². The van der Waals surface area contributed by atoms with Gasteiger partial charge in [-0.05, 0) is 31.0 Å². The van der Waals surface area contributed by atoms with Crippen molar-refractivity contribution in [1.82, 2.24) is 0 Å². The first-order valence-electron chi connectivity index (χ1n) is 7.82. The summed E-state index contributed by atoms with van der Waals surface area (Å²) in [7, 11) is 0. The molecule has 1 aromatic rings. The number of hydrogen-bond acceptors (Lipinski definition) is 3. The molecule has 0 radical (unpaired) electrons. The molecule has 120 valence electrons. The smallest absolute Gasteiger partial charge is 0.247 e. The van der Waals surface area contributed by atoms with Crippen molar-refractivity contribution in [2.45, 2.75) is 45.3 Å². The SMILES string of the molecule is CCOC1CC(N)(C(=O)N2CCc3ccc(F)cc32)C1(C)C. The molecule has 4 nitrogen and oxygen atoms in total. The topological polar surface area (TPSA) is 55.6 Å². The lowest BCUT2D eigenvalue weighted by molar-refractivity contribution is -0.168. The lowest BCUT2D eigenvalue weighted by Gasteiger charge is -2.58. The molecule has 2 unspecified atom stereocenters. The molecule has 1 aliphatic heterocycles. The van der Waals surface area contributed by atoms with E-state index < -0.39 is 11.0 Å². The van der Waals surface area contributed by atoms with Crippen LogP contribution >= 0.6 is 0 Å². The Morgan fingerprint density at radius 2 is 2.23 bits per heavy atom. The minimum absolute atomic E-state index is 0.0129. The highest BCUT2D eigenvalue weighted by Gasteiger charge is 2.64. The maximum Gasteiger partial charge on any atom is 0.247 e. The number of nitrogens with zero attached hydrogens (tertiary/aromatic N) is 1. The van der Waals surface area contributed by atoms with Gasteiger partial charge in [0.15, 0.2) is 0 Å². The van der Waals surface area contributed by atoms with Crippen LogP contribution in [-0.2, 0) is 16.0 Å². The molecule has 1 amide bonds. The molecule has 1 fully saturated rings. The lowest BCUT2D eigenvalue weighted by Crippen LogP contribution is -2.76. The summed E-state index contributed by atoms with van der Waals surface area (Å²) >= 11 is 0. The number of halogens is 1. The first-order valence-corrected chi connectivity index (χ1v) is 7.82. The van der Waals surface area contributed by atoms with Gasteiger partial charge in [0.05, 0.1) is 6.10 Å². The average molecular weight is 306 g/mol. The molecule has 5 heteroatoms. The second-order valence-electron chi connectivity index (χ2n) is 6.82. The van der Waals surface area contributed by atoms with Gasteiger partial charge in [0.1, 0.15) is 11.4 Å². The van der Waals surface area contributed by atoms with E-state index in [4.69, 9.17) is 10.5 Å². The zero-order valence-electron chi connectivity index (χ0n) is 13.4. The van der Waals surface area contributed by atoms with Crippen molar-refractivity contribution < 1.29 is 13.9 Å². The van der Waals surface area contributed by atoms with Crippen molar-refractivity contribution in [2.24, 2.45) is 11.1 Å². The average Bonchev–Trinajstić information content (AvgIpc) is 2.88. The molecule has 0 bridgehead atoms. The minimum Gasteiger partial charge on any atom is -0.378 e. The van der Waals surface area contributed by atoms with E-state index in [1.54, 1.807) is 11.0 Å². The third-order valence-electron chi connectivity index (χ3n) is 5.40. The van der Waals surface area contributed by atoms with Crippen molar-refractivity contribution >= 4 is 11.6 Å². The molecule has 1 saturated carbocycles. The summed E-state index contributed by atoms with van der Waals surface area (Å²) in [4.78, 5) is 14.7. The third-order valence-corrected chi connectivity index (χ3v) is 5.40. The molecule has 0 spiro atoms. The summed E-state index contributed by atoms with van der Waals surface area (Å²) in [6.07, 6.45) is 1.24. The second-order valence-corrected chi connectivity index (χ2v) is 6.82. The van der Waals surface area contributed by atoms with Gasteiger partial charge in [0.25, 0.3) is 0 Å². The van der Waals surface area contributed by atoms with E-state index in [-0.39, 0.29) is 17.8 Å². The van der Waals surface area contributed by atoms with E-state index in [9.17, 15) is 9.18 Å². The van der Waals surface area contributed by atoms with E-state index in [0.717, 1.165) is 12.0 Å². The molecule has 0 saturated heterocycles. The molecule has 1 aliphatic carbocycles. The van der Waals surface area contributed by atoms with Crippen LogP contribution in [0.5, 0.6) is 0 Å². The van der Waals surface area contributed by atoms with Crippen molar-refractivity contribution in [3.05, 3.63) is 29.6 Å². The van der Waals surface area contributed by atoms with Crippen LogP contribution in [-0.4, -0.2) is 30.7 Å². The summed E-state index contributed by atoms with van der Waals surface area (Å²) in [5.74, 6) is -0.456. The van der Waals surface area contributed by atoms with Gasteiger partial charge in [0, 0.05) is 30.7 Å². The van der Waals surface area contributed by atoms with Gasteiger partial charge in [-0.25, -0.2) is 4.39 Å². The molecule has 1 aromatic carbocycles. The molecule has 3 rings (SSSR count). The second kappa shape index (κ2) is 5.03. The molecular weight excluding hydrogens is 283 g/mol. The standard InChI is InChI=1S/C17H23FN2O2/c1-4-22-14-10-17(19,16(14,2)3)15(21)20-8-7-11-5-6-12(18)9-13(11)20/h5-6,9,14H,4,7-8,10,19H2,1-3H3. The van der Waals surface area contributed by atoms with Crippen LogP contribution < -0.4 is 10.6 Å². The van der Waals surface area contributed by atoms with Crippen LogP contribution in [0, 0.1) is 11.2 Å². The summed E-state index contributed by atoms with van der Waals surface area (Å²) < 4.78 is 19.2. The van der Waals surface area contributed by atoms with Crippen LogP contribution in [0.15, 0.2) is 18.2 Å². The fourth-order valence-corrected chi connectivity index (χ4v) is 3.60. The van der Waals surface area contributed by atoms with Crippen LogP contribution in [0.1, 0.15) is 32.8 Å². The van der Waals surface area contributed by atoms with Crippen molar-refractivity contribution in [2.75, 3.05) is 18.1 Å². The molecule has 0 aromatic heterocycles. The number of ether oxygens (including phenoxy) is 1. The number of rotatable bonds is 3. The number of anilines is 1. The van der Waals surface area contributed by atoms with Gasteiger partial charge >= 0.3 is 0 Å². The Morgan fingerprint density at radius 3 is 2.86 bits per heavy atom. The predicted octanol–water partition coefficient (Wildman–Crippen LogP) is 2.25. The number of carbonyl (C=O) groups is 1. The first-order chi connectivity index (χ1) is 10.3. The zero-order chi connectivity index (χ0) is 16.1. The van der Waals surface area contributed by atoms with Crippen molar-refractivity contribution in [3.63, 3.8) is 0 Å². The fraction of sp³-hybridized carbons (Fsp3) is 0.588. The highest BCUT2D eigenvalue weighted by Crippen LogP contribution is 2.51. The molecule has 22 heavy (non-hydrogen) atoms. The molecular formula is C17H23FN2O2. The van der Waals surface area contributed by atoms with Gasteiger partial charge in [0.2, 0.25) is 5.91 Å². The number of nitrogens with two attached hydrogens (primary N) is 1. The largest absolute Gasteiger partial charge is 0.378 e. The van der Waals surface area contributed by atoms with Gasteiger partial charge in [-0.2, -0.15) is 0 Å². The third kappa shape index (κ3) is 1.99. The van der Waals surface area contributed by atoms with Crippen LogP contribution in [0.3, 0.4) is 0 Å². The number of amides is 1. The van der Waals surface area contributed by atoms with E-state index in [1.807, 2.05) is 20.8 Å². The van der Waals surface area contributed by atoms with Gasteiger partial charge in [-0.1, -0.05) is 19.9 Å². The summed E-state index contributed by atoms with van der Waals surface area (Å²) in [6.45, 7) is 7.05. The zero-order valence-corrected chi connectivity index (χ0v) is 13.4. The molecule has 2 atom stereocenters. The fourth-order valence-electron chi connectivity index (χ4n) is 3.60. The Bertz CT molecular complexity index is 617. The maximum atomic E-state index is 13.5. The molecule has 2 N–H and O–H groups in total. The highest BCUT2D eigenvalue weighted by molar-refractivity contribution is 6.03. The van der Waals surface area contributed by atoms with Crippen LogP contribution in [0.2, 0.25) is 0 Å². The normalized spacial score (nSPS) is 29.1. The minimum atomic E-state index is -0.958. The maximum absolute atomic E-state index is 13.5. The Labute approximate surface area is 130 Å². The Morgan fingerprint density at radius 1 is 1.50 bits per heavy atom. The quantitative estimate of drug-likeness (QED) is 0.932. The highest BCUT2D eigenvalue weighted by atomic mass is 19.1. The van der Waals surface area contributed by atoms with Crippen molar-refractivity contribution in [3.8, 4) is 0 Å². The van der Waals surface area contributed by atoms with E-state index in [1.165, 1.54) is 12.1 Å². The van der Waals surface area contributed by atoms with E-state index >= 15 is 0 Å². The van der Waals surface area contributed by atoms with Crippen LogP contribution in [0.25, 0.3) is 0 Å². The predicted molar refractivity (Wildman–Crippen MR) is 83.2 cm³/mol. The van der Waals surface area contributed by atoms with Crippen molar-refractivity contribution in [1.29, 1.82) is 0 Å². The Balaban J connectivity index is 1.86. The number of fused-ring (bicyclic) bond motifs is 1. The Hall–Kier alpha value is -1.46. The van der Waals surface area contributed by atoms with Gasteiger partial charge < -0.3 is 15.4 Å². The lowest BCUT2D eigenvalue weighted by atomic mass is 9.54. The number of carbonyl (C=O) groups excluding carboxylic acids is 1. The first kappa shape index (κ1) is 15.4. The Kier molecular flexibility index (Phi) is 3.53. The van der Waals surface area contributed by atoms with Gasteiger partial charge in [-0.3, -0.25) is 4.79 Å². The molecule has 2 aliphatic rings. The summed E-state index contributed by atoms with van der Waals surface area (Å²) in [5.41, 5.74) is 6.72. The summed E-state index contributed by atoms with van der Waals surface area (Å²) in [5, 5.41) is 0.